The smallest absolute Gasteiger partial charge is 0.249 e. The maximum Gasteiger partial charge on any atom is 0.249 e. The summed E-state index contributed by atoms with van der Waals surface area (Å²) in [5.74, 6) is -0.388. The SMILES string of the molecule is CCCCc1ccc(NC(=O)[C@H]2COCC(=O)N2Cc2ccccc2)cc1. The molecule has 27 heavy (non-hydrogen) atoms. The summed E-state index contributed by atoms with van der Waals surface area (Å²) >= 11 is 0. The van der Waals surface area contributed by atoms with Crippen LogP contribution in [0.25, 0.3) is 0 Å². The van der Waals surface area contributed by atoms with E-state index in [4.69, 9.17) is 4.74 Å². The molecular formula is C22H26N2O3. The largest absolute Gasteiger partial charge is 0.369 e. The van der Waals surface area contributed by atoms with Crippen molar-refractivity contribution in [2.45, 2.75) is 38.8 Å². The fourth-order valence-corrected chi connectivity index (χ4v) is 3.16. The van der Waals surface area contributed by atoms with Crippen LogP contribution in [0.15, 0.2) is 54.6 Å². The van der Waals surface area contributed by atoms with Gasteiger partial charge in [-0.1, -0.05) is 55.8 Å². The summed E-state index contributed by atoms with van der Waals surface area (Å²) in [5.41, 5.74) is 2.99. The van der Waals surface area contributed by atoms with Crippen LogP contribution in [0.5, 0.6) is 0 Å². The van der Waals surface area contributed by atoms with Gasteiger partial charge in [0.2, 0.25) is 11.8 Å². The number of nitrogens with one attached hydrogen (secondary N) is 1. The molecule has 2 aromatic rings. The third-order valence-corrected chi connectivity index (χ3v) is 4.74. The highest BCUT2D eigenvalue weighted by atomic mass is 16.5. The maximum absolute atomic E-state index is 12.8. The summed E-state index contributed by atoms with van der Waals surface area (Å²) in [6.07, 6.45) is 3.35. The highest BCUT2D eigenvalue weighted by Gasteiger charge is 2.34. The van der Waals surface area contributed by atoms with Crippen molar-refractivity contribution in [2.75, 3.05) is 18.5 Å². The molecule has 142 valence electrons. The zero-order valence-corrected chi connectivity index (χ0v) is 15.7. The molecule has 1 fully saturated rings. The Hall–Kier alpha value is -2.66. The van der Waals surface area contributed by atoms with Gasteiger partial charge in [-0.05, 0) is 36.1 Å². The van der Waals surface area contributed by atoms with E-state index in [1.807, 2.05) is 54.6 Å². The first-order valence-corrected chi connectivity index (χ1v) is 9.48. The number of nitrogens with zero attached hydrogens (tertiary/aromatic N) is 1. The van der Waals surface area contributed by atoms with E-state index in [1.165, 1.54) is 5.56 Å². The molecule has 0 saturated carbocycles. The highest BCUT2D eigenvalue weighted by Crippen LogP contribution is 2.17. The van der Waals surface area contributed by atoms with Crippen LogP contribution >= 0.6 is 0 Å². The van der Waals surface area contributed by atoms with Gasteiger partial charge < -0.3 is 15.0 Å². The monoisotopic (exact) mass is 366 g/mol. The third-order valence-electron chi connectivity index (χ3n) is 4.74. The number of carbonyl (C=O) groups excluding carboxylic acids is 2. The Balaban J connectivity index is 1.66. The fraction of sp³-hybridized carbons (Fsp3) is 0.364. The van der Waals surface area contributed by atoms with Crippen molar-refractivity contribution in [2.24, 2.45) is 0 Å². The van der Waals surface area contributed by atoms with E-state index < -0.39 is 6.04 Å². The molecule has 2 aromatic carbocycles. The van der Waals surface area contributed by atoms with Gasteiger partial charge in [0.1, 0.15) is 12.6 Å². The zero-order chi connectivity index (χ0) is 19.1. The van der Waals surface area contributed by atoms with Crippen molar-refractivity contribution in [3.63, 3.8) is 0 Å². The van der Waals surface area contributed by atoms with Crippen LogP contribution in [0.1, 0.15) is 30.9 Å². The van der Waals surface area contributed by atoms with Gasteiger partial charge in [-0.15, -0.1) is 0 Å². The average molecular weight is 366 g/mol. The Bertz CT molecular complexity index is 759. The van der Waals surface area contributed by atoms with Gasteiger partial charge in [-0.25, -0.2) is 0 Å². The molecule has 1 aliphatic rings. The van der Waals surface area contributed by atoms with Gasteiger partial charge in [0, 0.05) is 12.2 Å². The molecule has 2 amide bonds. The van der Waals surface area contributed by atoms with Gasteiger partial charge in [0.05, 0.1) is 6.61 Å². The molecule has 1 aliphatic heterocycles. The molecule has 0 bridgehead atoms. The van der Waals surface area contributed by atoms with E-state index in [-0.39, 0.29) is 25.0 Å². The lowest BCUT2D eigenvalue weighted by molar-refractivity contribution is -0.154. The number of hydrogen-bond donors (Lipinski definition) is 1. The van der Waals surface area contributed by atoms with E-state index >= 15 is 0 Å². The summed E-state index contributed by atoms with van der Waals surface area (Å²) in [4.78, 5) is 26.7. The first kappa shape index (κ1) is 19.1. The van der Waals surface area contributed by atoms with E-state index in [9.17, 15) is 9.59 Å². The van der Waals surface area contributed by atoms with E-state index in [1.54, 1.807) is 4.90 Å². The number of benzene rings is 2. The molecule has 1 saturated heterocycles. The molecule has 0 radical (unpaired) electrons. The molecule has 5 nitrogen and oxygen atoms in total. The number of hydrogen-bond acceptors (Lipinski definition) is 3. The number of morpholine rings is 1. The minimum absolute atomic E-state index is 0.0166. The Kier molecular flexibility index (Phi) is 6.60. The van der Waals surface area contributed by atoms with Gasteiger partial charge in [-0.2, -0.15) is 0 Å². The molecule has 5 heteroatoms. The van der Waals surface area contributed by atoms with E-state index in [0.717, 1.165) is 30.5 Å². The number of rotatable bonds is 7. The lowest BCUT2D eigenvalue weighted by Crippen LogP contribution is -2.54. The van der Waals surface area contributed by atoms with Crippen LogP contribution in [0.2, 0.25) is 0 Å². The lowest BCUT2D eigenvalue weighted by Gasteiger charge is -2.34. The fourth-order valence-electron chi connectivity index (χ4n) is 3.16. The summed E-state index contributed by atoms with van der Waals surface area (Å²) in [5, 5.41) is 2.92. The molecule has 0 unspecified atom stereocenters. The topological polar surface area (TPSA) is 58.6 Å². The Morgan fingerprint density at radius 1 is 1.11 bits per heavy atom. The number of amides is 2. The molecule has 1 atom stereocenters. The second-order valence-electron chi connectivity index (χ2n) is 6.83. The number of carbonyl (C=O) groups is 2. The van der Waals surface area contributed by atoms with Gasteiger partial charge in [0.25, 0.3) is 0 Å². The Morgan fingerprint density at radius 3 is 2.56 bits per heavy atom. The van der Waals surface area contributed by atoms with Crippen molar-refractivity contribution >= 4 is 17.5 Å². The molecule has 3 rings (SSSR count). The molecule has 1 N–H and O–H groups in total. The summed E-state index contributed by atoms with van der Waals surface area (Å²) < 4.78 is 5.33. The molecule has 0 aromatic heterocycles. The lowest BCUT2D eigenvalue weighted by atomic mass is 10.1. The van der Waals surface area contributed by atoms with Crippen molar-refractivity contribution in [1.29, 1.82) is 0 Å². The average Bonchev–Trinajstić information content (AvgIpc) is 2.70. The van der Waals surface area contributed by atoms with Gasteiger partial charge in [-0.3, -0.25) is 9.59 Å². The first-order valence-electron chi connectivity index (χ1n) is 9.48. The van der Waals surface area contributed by atoms with Crippen LogP contribution in [-0.4, -0.2) is 36.0 Å². The third kappa shape index (κ3) is 5.17. The van der Waals surface area contributed by atoms with Crippen molar-refractivity contribution in [3.05, 3.63) is 65.7 Å². The Labute approximate surface area is 160 Å². The second-order valence-corrected chi connectivity index (χ2v) is 6.83. The quantitative estimate of drug-likeness (QED) is 0.817. The number of ether oxygens (including phenoxy) is 1. The zero-order valence-electron chi connectivity index (χ0n) is 15.7. The molecule has 0 spiro atoms. The van der Waals surface area contributed by atoms with Crippen LogP contribution in [0.3, 0.4) is 0 Å². The van der Waals surface area contributed by atoms with E-state index in [0.29, 0.717) is 6.54 Å². The van der Waals surface area contributed by atoms with Crippen LogP contribution in [-0.2, 0) is 27.3 Å². The van der Waals surface area contributed by atoms with Crippen molar-refractivity contribution < 1.29 is 14.3 Å². The first-order chi connectivity index (χ1) is 13.2. The van der Waals surface area contributed by atoms with E-state index in [2.05, 4.69) is 12.2 Å². The van der Waals surface area contributed by atoms with Crippen LogP contribution in [0.4, 0.5) is 5.69 Å². The minimum atomic E-state index is -0.633. The molecule has 1 heterocycles. The van der Waals surface area contributed by atoms with Gasteiger partial charge in [0.15, 0.2) is 0 Å². The normalized spacial score (nSPS) is 17.0. The standard InChI is InChI=1S/C22H26N2O3/c1-2-3-7-17-10-12-19(13-11-17)23-22(26)20-15-27-16-21(25)24(20)14-18-8-5-4-6-9-18/h4-6,8-13,20H,2-3,7,14-16H2,1H3,(H,23,26)/t20-/m1/s1. The van der Waals surface area contributed by atoms with Crippen LogP contribution in [0, 0.1) is 0 Å². The molecular weight excluding hydrogens is 340 g/mol. The maximum atomic E-state index is 12.8. The van der Waals surface area contributed by atoms with Crippen LogP contribution < -0.4 is 5.32 Å². The van der Waals surface area contributed by atoms with Crippen molar-refractivity contribution in [3.8, 4) is 0 Å². The minimum Gasteiger partial charge on any atom is -0.369 e. The number of anilines is 1. The predicted molar refractivity (Wildman–Crippen MR) is 105 cm³/mol. The summed E-state index contributed by atoms with van der Waals surface area (Å²) in [7, 11) is 0. The number of aryl methyl sites for hydroxylation is 1. The second kappa shape index (κ2) is 9.33. The van der Waals surface area contributed by atoms with Crippen molar-refractivity contribution in [1.82, 2.24) is 4.90 Å². The Morgan fingerprint density at radius 2 is 1.85 bits per heavy atom. The number of unbranched alkanes of at least 4 members (excludes halogenated alkanes) is 1. The molecule has 0 aliphatic carbocycles. The summed E-state index contributed by atoms with van der Waals surface area (Å²) in [6, 6.07) is 17.0. The predicted octanol–water partition coefficient (Wildman–Crippen LogP) is 3.40. The van der Waals surface area contributed by atoms with Gasteiger partial charge >= 0.3 is 0 Å². The highest BCUT2D eigenvalue weighted by molar-refractivity contribution is 5.97. The summed E-state index contributed by atoms with van der Waals surface area (Å²) in [6.45, 7) is 2.79.